The number of rotatable bonds is 8. The van der Waals surface area contributed by atoms with Gasteiger partial charge < -0.3 is 14.7 Å². The molecular formula is C16H26N2O3. The van der Waals surface area contributed by atoms with Crippen molar-refractivity contribution in [1.29, 1.82) is 0 Å². The predicted molar refractivity (Wildman–Crippen MR) is 85.2 cm³/mol. The van der Waals surface area contributed by atoms with Gasteiger partial charge in [-0.05, 0) is 32.9 Å². The van der Waals surface area contributed by atoms with Crippen LogP contribution in [0.2, 0.25) is 0 Å². The van der Waals surface area contributed by atoms with Crippen LogP contribution in [-0.2, 0) is 4.79 Å². The molecule has 118 valence electrons. The van der Waals surface area contributed by atoms with Gasteiger partial charge in [-0.15, -0.1) is 0 Å². The van der Waals surface area contributed by atoms with Crippen molar-refractivity contribution >= 4 is 11.7 Å². The lowest BCUT2D eigenvalue weighted by Gasteiger charge is -2.28. The molecule has 0 spiro atoms. The summed E-state index contributed by atoms with van der Waals surface area (Å²) in [6, 6.07) is 7.83. The molecular weight excluding hydrogens is 268 g/mol. The maximum atomic E-state index is 11.4. The zero-order valence-electron chi connectivity index (χ0n) is 13.5. The lowest BCUT2D eigenvalue weighted by Crippen LogP contribution is -2.53. The van der Waals surface area contributed by atoms with Gasteiger partial charge in [0.25, 0.3) is 0 Å². The minimum atomic E-state index is -0.979. The van der Waals surface area contributed by atoms with Crippen molar-refractivity contribution in [3.05, 3.63) is 24.3 Å². The number of ether oxygens (including phenoxy) is 1. The van der Waals surface area contributed by atoms with E-state index in [1.54, 1.807) is 6.92 Å². The maximum absolute atomic E-state index is 11.4. The molecule has 0 saturated carbocycles. The molecule has 0 fully saturated rings. The fourth-order valence-electron chi connectivity index (χ4n) is 2.10. The molecule has 0 bridgehead atoms. The second-order valence-corrected chi connectivity index (χ2v) is 5.93. The summed E-state index contributed by atoms with van der Waals surface area (Å²) < 4.78 is 5.69. The van der Waals surface area contributed by atoms with Crippen LogP contribution in [0.1, 0.15) is 27.2 Å². The van der Waals surface area contributed by atoms with Crippen LogP contribution in [0.4, 0.5) is 5.69 Å². The van der Waals surface area contributed by atoms with Crippen molar-refractivity contribution in [2.75, 3.05) is 25.6 Å². The van der Waals surface area contributed by atoms with E-state index in [1.807, 2.05) is 57.1 Å². The first kappa shape index (κ1) is 17.3. The van der Waals surface area contributed by atoms with Gasteiger partial charge in [0.1, 0.15) is 11.3 Å². The molecule has 0 radical (unpaired) electrons. The number of aliphatic carboxylic acids is 1. The third-order valence-electron chi connectivity index (χ3n) is 3.28. The number of carboxylic acid groups (broad SMARTS) is 1. The van der Waals surface area contributed by atoms with Crippen molar-refractivity contribution in [2.24, 2.45) is 0 Å². The first-order chi connectivity index (χ1) is 9.74. The van der Waals surface area contributed by atoms with Gasteiger partial charge >= 0.3 is 5.97 Å². The first-order valence-corrected chi connectivity index (χ1v) is 7.16. The smallest absolute Gasteiger partial charge is 0.323 e. The minimum absolute atomic E-state index is 0.100. The largest absolute Gasteiger partial charge is 0.493 e. The van der Waals surface area contributed by atoms with Crippen LogP contribution in [-0.4, -0.2) is 43.4 Å². The second-order valence-electron chi connectivity index (χ2n) is 5.93. The lowest BCUT2D eigenvalue weighted by molar-refractivity contribution is -0.145. The van der Waals surface area contributed by atoms with E-state index >= 15 is 0 Å². The number of nitrogens with zero attached hydrogens (tertiary/aromatic N) is 1. The highest BCUT2D eigenvalue weighted by atomic mass is 16.5. The van der Waals surface area contributed by atoms with Gasteiger partial charge in [0.05, 0.1) is 6.61 Å². The van der Waals surface area contributed by atoms with E-state index in [2.05, 4.69) is 5.32 Å². The van der Waals surface area contributed by atoms with Crippen molar-refractivity contribution in [1.82, 2.24) is 5.32 Å². The Kier molecular flexibility index (Phi) is 6.03. The van der Waals surface area contributed by atoms with Crippen molar-refractivity contribution < 1.29 is 14.6 Å². The molecule has 0 aliphatic heterocycles. The van der Waals surface area contributed by atoms with Crippen LogP contribution >= 0.6 is 0 Å². The zero-order chi connectivity index (χ0) is 16.0. The summed E-state index contributed by atoms with van der Waals surface area (Å²) in [5.41, 5.74) is 0.0710. The summed E-state index contributed by atoms with van der Waals surface area (Å²) in [4.78, 5) is 13.4. The van der Waals surface area contributed by atoms with Gasteiger partial charge in [-0.25, -0.2) is 0 Å². The van der Waals surface area contributed by atoms with Crippen LogP contribution < -0.4 is 15.0 Å². The number of carbonyl (C=O) groups is 1. The molecule has 1 aromatic carbocycles. The lowest BCUT2D eigenvalue weighted by atomic mass is 9.97. The average molecular weight is 294 g/mol. The number of hydrogen-bond donors (Lipinski definition) is 2. The molecule has 1 atom stereocenters. The Labute approximate surface area is 126 Å². The molecule has 0 aliphatic rings. The zero-order valence-corrected chi connectivity index (χ0v) is 13.5. The van der Waals surface area contributed by atoms with E-state index < -0.39 is 11.5 Å². The highest BCUT2D eigenvalue weighted by Crippen LogP contribution is 2.20. The van der Waals surface area contributed by atoms with E-state index in [4.69, 9.17) is 4.74 Å². The highest BCUT2D eigenvalue weighted by molar-refractivity contribution is 5.78. The molecule has 1 rings (SSSR count). The van der Waals surface area contributed by atoms with Crippen LogP contribution in [0, 0.1) is 0 Å². The molecule has 5 heteroatoms. The van der Waals surface area contributed by atoms with Gasteiger partial charge in [-0.2, -0.15) is 0 Å². The van der Waals surface area contributed by atoms with E-state index in [0.29, 0.717) is 13.0 Å². The van der Waals surface area contributed by atoms with Crippen LogP contribution in [0.25, 0.3) is 0 Å². The molecule has 1 aromatic rings. The predicted octanol–water partition coefficient (Wildman–Crippen LogP) is 2.36. The molecule has 0 heterocycles. The topological polar surface area (TPSA) is 61.8 Å². The fourth-order valence-corrected chi connectivity index (χ4v) is 2.10. The third-order valence-corrected chi connectivity index (χ3v) is 3.28. The number of anilines is 1. The maximum Gasteiger partial charge on any atom is 0.323 e. The van der Waals surface area contributed by atoms with Gasteiger partial charge in [-0.3, -0.25) is 10.1 Å². The third kappa shape index (κ3) is 5.27. The Balaban J connectivity index is 2.62. The van der Waals surface area contributed by atoms with E-state index in [0.717, 1.165) is 11.4 Å². The Morgan fingerprint density at radius 2 is 2.10 bits per heavy atom. The minimum Gasteiger partial charge on any atom is -0.493 e. The van der Waals surface area contributed by atoms with Crippen LogP contribution in [0.15, 0.2) is 24.3 Å². The summed E-state index contributed by atoms with van der Waals surface area (Å²) in [6.45, 7) is 5.90. The standard InChI is InChI=1S/C16H26N2O3/c1-12(2)17-16(3,15(19)20)9-10-21-14-8-6-7-13(11-14)18(4)5/h6-8,11-12,17H,9-10H2,1-5H3,(H,19,20). The van der Waals surface area contributed by atoms with Crippen molar-refractivity contribution in [3.63, 3.8) is 0 Å². The van der Waals surface area contributed by atoms with Gasteiger partial charge in [0.15, 0.2) is 0 Å². The molecule has 0 saturated heterocycles. The van der Waals surface area contributed by atoms with Crippen LogP contribution in [0.3, 0.4) is 0 Å². The highest BCUT2D eigenvalue weighted by Gasteiger charge is 2.33. The number of hydrogen-bond acceptors (Lipinski definition) is 4. The summed E-state index contributed by atoms with van der Waals surface area (Å²) in [5.74, 6) is -0.111. The summed E-state index contributed by atoms with van der Waals surface area (Å²) in [5, 5.41) is 12.5. The second kappa shape index (κ2) is 7.31. The van der Waals surface area contributed by atoms with Crippen molar-refractivity contribution in [3.8, 4) is 5.75 Å². The Morgan fingerprint density at radius 3 is 2.62 bits per heavy atom. The quantitative estimate of drug-likeness (QED) is 0.770. The average Bonchev–Trinajstić information content (AvgIpc) is 2.38. The molecule has 1 unspecified atom stereocenters. The molecule has 21 heavy (non-hydrogen) atoms. The normalized spacial score (nSPS) is 13.8. The SMILES string of the molecule is CC(C)NC(C)(CCOc1cccc(N(C)C)c1)C(=O)O. The Morgan fingerprint density at radius 1 is 1.43 bits per heavy atom. The Bertz CT molecular complexity index is 474. The van der Waals surface area contributed by atoms with Crippen LogP contribution in [0.5, 0.6) is 5.75 Å². The monoisotopic (exact) mass is 294 g/mol. The fraction of sp³-hybridized carbons (Fsp3) is 0.562. The molecule has 0 amide bonds. The van der Waals surface area contributed by atoms with Crippen molar-refractivity contribution in [2.45, 2.75) is 38.8 Å². The first-order valence-electron chi connectivity index (χ1n) is 7.16. The van der Waals surface area contributed by atoms with Gasteiger partial charge in [-0.1, -0.05) is 6.07 Å². The molecule has 2 N–H and O–H groups in total. The number of nitrogens with one attached hydrogen (secondary N) is 1. The Hall–Kier alpha value is -1.75. The van der Waals surface area contributed by atoms with Gasteiger partial charge in [0, 0.05) is 38.3 Å². The van der Waals surface area contributed by atoms with Gasteiger partial charge in [0.2, 0.25) is 0 Å². The summed E-state index contributed by atoms with van der Waals surface area (Å²) in [6.07, 6.45) is 0.396. The number of benzene rings is 1. The molecule has 0 aliphatic carbocycles. The van der Waals surface area contributed by atoms with E-state index in [1.165, 1.54) is 0 Å². The summed E-state index contributed by atoms with van der Waals surface area (Å²) in [7, 11) is 3.93. The van der Waals surface area contributed by atoms with E-state index in [-0.39, 0.29) is 6.04 Å². The van der Waals surface area contributed by atoms with E-state index in [9.17, 15) is 9.90 Å². The molecule has 5 nitrogen and oxygen atoms in total. The number of carboxylic acids is 1. The summed E-state index contributed by atoms with van der Waals surface area (Å²) >= 11 is 0. The molecule has 0 aromatic heterocycles.